The summed E-state index contributed by atoms with van der Waals surface area (Å²) < 4.78 is 32.7. The molecule has 0 radical (unpaired) electrons. The normalized spacial score (nSPS) is 10.6. The lowest BCUT2D eigenvalue weighted by atomic mass is 10.3. The van der Waals surface area contributed by atoms with Crippen LogP contribution in [-0.2, 0) is 11.3 Å². The minimum absolute atomic E-state index is 0.298. The third-order valence-electron chi connectivity index (χ3n) is 3.17. The second-order valence-electron chi connectivity index (χ2n) is 4.89. The Morgan fingerprint density at radius 3 is 2.79 bits per heavy atom. The van der Waals surface area contributed by atoms with E-state index >= 15 is 0 Å². The molecule has 0 saturated carbocycles. The monoisotopic (exact) mass is 331 g/mol. The van der Waals surface area contributed by atoms with E-state index in [9.17, 15) is 18.4 Å². The molecule has 0 unspecified atom stereocenters. The summed E-state index contributed by atoms with van der Waals surface area (Å²) in [7, 11) is 0. The number of carbonyl (C=O) groups is 1. The van der Waals surface area contributed by atoms with E-state index in [0.29, 0.717) is 11.5 Å². The summed E-state index contributed by atoms with van der Waals surface area (Å²) in [5, 5.41) is 2.21. The van der Waals surface area contributed by atoms with E-state index < -0.39 is 23.1 Å². The largest absolute Gasteiger partial charge is 0.463 e. The first-order valence-electron chi connectivity index (χ1n) is 6.88. The van der Waals surface area contributed by atoms with Crippen LogP contribution in [0.4, 0.5) is 14.5 Å². The van der Waals surface area contributed by atoms with Crippen LogP contribution in [0, 0.1) is 11.6 Å². The average molecular weight is 331 g/mol. The van der Waals surface area contributed by atoms with Crippen molar-refractivity contribution in [1.29, 1.82) is 0 Å². The molecule has 2 aromatic heterocycles. The number of anilines is 1. The Bertz CT molecular complexity index is 936. The number of benzene rings is 1. The number of nitrogens with zero attached hydrogens (tertiary/aromatic N) is 2. The van der Waals surface area contributed by atoms with E-state index in [1.54, 1.807) is 12.1 Å². The number of halogens is 2. The Morgan fingerprint density at radius 1 is 1.25 bits per heavy atom. The van der Waals surface area contributed by atoms with E-state index in [0.717, 1.165) is 22.8 Å². The fourth-order valence-corrected chi connectivity index (χ4v) is 2.04. The fraction of sp³-hybridized carbons (Fsp3) is 0.0625. The molecule has 1 N–H and O–H groups in total. The topological polar surface area (TPSA) is 77.1 Å². The first kappa shape index (κ1) is 15.6. The smallest absolute Gasteiger partial charge is 0.254 e. The Hall–Kier alpha value is -3.29. The minimum atomic E-state index is -0.775. The molecule has 0 saturated heterocycles. The number of hydrogen-bond acceptors (Lipinski definition) is 4. The summed E-state index contributed by atoms with van der Waals surface area (Å²) in [6, 6.07) is 7.21. The SMILES string of the molecule is O=C(Cn1cnc(-c2ccco2)cc1=O)Nc1cc(F)ccc1F. The second-order valence-corrected chi connectivity index (χ2v) is 4.89. The lowest BCUT2D eigenvalue weighted by Gasteiger charge is -2.08. The zero-order valence-electron chi connectivity index (χ0n) is 12.2. The Labute approximate surface area is 134 Å². The number of amides is 1. The molecular weight excluding hydrogens is 320 g/mol. The lowest BCUT2D eigenvalue weighted by Crippen LogP contribution is -2.27. The first-order chi connectivity index (χ1) is 11.5. The van der Waals surface area contributed by atoms with Gasteiger partial charge in [-0.25, -0.2) is 13.8 Å². The van der Waals surface area contributed by atoms with Crippen molar-refractivity contribution in [3.63, 3.8) is 0 Å². The highest BCUT2D eigenvalue weighted by Gasteiger charge is 2.11. The van der Waals surface area contributed by atoms with Crippen LogP contribution in [0.25, 0.3) is 11.5 Å². The van der Waals surface area contributed by atoms with Crippen molar-refractivity contribution in [2.75, 3.05) is 5.32 Å². The van der Waals surface area contributed by atoms with Gasteiger partial charge in [0.15, 0.2) is 5.76 Å². The number of nitrogens with one attached hydrogen (secondary N) is 1. The van der Waals surface area contributed by atoms with Gasteiger partial charge in [-0.2, -0.15) is 0 Å². The Kier molecular flexibility index (Phi) is 4.19. The van der Waals surface area contributed by atoms with E-state index in [4.69, 9.17) is 4.42 Å². The standard InChI is InChI=1S/C16H11F2N3O3/c17-10-3-4-11(18)12(6-10)20-15(22)8-21-9-19-13(7-16(21)23)14-2-1-5-24-14/h1-7,9H,8H2,(H,20,22). The Balaban J connectivity index is 1.75. The predicted octanol–water partition coefficient (Wildman–Crippen LogP) is 2.42. The highest BCUT2D eigenvalue weighted by molar-refractivity contribution is 5.90. The van der Waals surface area contributed by atoms with Crippen LogP contribution < -0.4 is 10.9 Å². The molecule has 24 heavy (non-hydrogen) atoms. The summed E-state index contributed by atoms with van der Waals surface area (Å²) in [4.78, 5) is 27.9. The summed E-state index contributed by atoms with van der Waals surface area (Å²) in [5.74, 6) is -1.73. The van der Waals surface area contributed by atoms with E-state index in [-0.39, 0.29) is 12.2 Å². The third-order valence-corrected chi connectivity index (χ3v) is 3.17. The van der Waals surface area contributed by atoms with Gasteiger partial charge in [0.1, 0.15) is 23.9 Å². The number of aromatic nitrogens is 2. The maximum Gasteiger partial charge on any atom is 0.254 e. The molecule has 0 spiro atoms. The molecule has 0 aliphatic heterocycles. The van der Waals surface area contributed by atoms with Gasteiger partial charge in [0.05, 0.1) is 18.3 Å². The van der Waals surface area contributed by atoms with Crippen LogP contribution in [0.15, 0.2) is 58.2 Å². The van der Waals surface area contributed by atoms with Crippen LogP contribution in [0.3, 0.4) is 0 Å². The molecule has 122 valence electrons. The predicted molar refractivity (Wildman–Crippen MR) is 81.2 cm³/mol. The van der Waals surface area contributed by atoms with Gasteiger partial charge < -0.3 is 9.73 Å². The van der Waals surface area contributed by atoms with Crippen LogP contribution in [0.1, 0.15) is 0 Å². The van der Waals surface area contributed by atoms with Gasteiger partial charge in [-0.05, 0) is 24.3 Å². The number of hydrogen-bond donors (Lipinski definition) is 1. The van der Waals surface area contributed by atoms with Crippen molar-refractivity contribution in [1.82, 2.24) is 9.55 Å². The molecule has 1 aromatic carbocycles. The zero-order chi connectivity index (χ0) is 17.1. The van der Waals surface area contributed by atoms with E-state index in [1.165, 1.54) is 18.7 Å². The third kappa shape index (κ3) is 3.37. The van der Waals surface area contributed by atoms with Crippen molar-refractivity contribution >= 4 is 11.6 Å². The minimum Gasteiger partial charge on any atom is -0.463 e. The molecule has 0 atom stereocenters. The molecular formula is C16H11F2N3O3. The van der Waals surface area contributed by atoms with Crippen molar-refractivity contribution in [3.05, 3.63) is 71.0 Å². The maximum atomic E-state index is 13.5. The van der Waals surface area contributed by atoms with Gasteiger partial charge in [0, 0.05) is 12.1 Å². The molecule has 3 rings (SSSR count). The lowest BCUT2D eigenvalue weighted by molar-refractivity contribution is -0.116. The summed E-state index contributed by atoms with van der Waals surface area (Å²) in [6.45, 7) is -0.389. The van der Waals surface area contributed by atoms with Crippen molar-refractivity contribution in [3.8, 4) is 11.5 Å². The first-order valence-corrected chi connectivity index (χ1v) is 6.88. The van der Waals surface area contributed by atoms with Crippen LogP contribution >= 0.6 is 0 Å². The number of carbonyl (C=O) groups excluding carboxylic acids is 1. The zero-order valence-corrected chi connectivity index (χ0v) is 12.2. The van der Waals surface area contributed by atoms with Gasteiger partial charge in [0.25, 0.3) is 5.56 Å². The van der Waals surface area contributed by atoms with Crippen LogP contribution in [-0.4, -0.2) is 15.5 Å². The van der Waals surface area contributed by atoms with Crippen LogP contribution in [0.5, 0.6) is 0 Å². The molecule has 6 nitrogen and oxygen atoms in total. The van der Waals surface area contributed by atoms with Crippen molar-refractivity contribution in [2.24, 2.45) is 0 Å². The number of rotatable bonds is 4. The van der Waals surface area contributed by atoms with Gasteiger partial charge >= 0.3 is 0 Å². The number of furan rings is 1. The van der Waals surface area contributed by atoms with Gasteiger partial charge in [0.2, 0.25) is 5.91 Å². The van der Waals surface area contributed by atoms with Gasteiger partial charge in [-0.15, -0.1) is 0 Å². The van der Waals surface area contributed by atoms with E-state index in [2.05, 4.69) is 10.3 Å². The molecule has 8 heteroatoms. The van der Waals surface area contributed by atoms with Crippen molar-refractivity contribution in [2.45, 2.75) is 6.54 Å². The average Bonchev–Trinajstić information content (AvgIpc) is 3.07. The summed E-state index contributed by atoms with van der Waals surface area (Å²) in [6.07, 6.45) is 2.63. The van der Waals surface area contributed by atoms with Gasteiger partial charge in [-0.3, -0.25) is 14.2 Å². The summed E-state index contributed by atoms with van der Waals surface area (Å²) >= 11 is 0. The molecule has 0 aliphatic rings. The molecule has 0 aliphatic carbocycles. The summed E-state index contributed by atoms with van der Waals surface area (Å²) in [5.41, 5.74) is -0.447. The van der Waals surface area contributed by atoms with Crippen LogP contribution in [0.2, 0.25) is 0 Å². The maximum absolute atomic E-state index is 13.5. The molecule has 2 heterocycles. The molecule has 0 bridgehead atoms. The molecule has 1 amide bonds. The van der Waals surface area contributed by atoms with Gasteiger partial charge in [-0.1, -0.05) is 0 Å². The van der Waals surface area contributed by atoms with E-state index in [1.807, 2.05) is 0 Å². The van der Waals surface area contributed by atoms with Crippen molar-refractivity contribution < 1.29 is 18.0 Å². The second kappa shape index (κ2) is 6.45. The Morgan fingerprint density at radius 2 is 2.08 bits per heavy atom. The quantitative estimate of drug-likeness (QED) is 0.796. The highest BCUT2D eigenvalue weighted by atomic mass is 19.1. The molecule has 3 aromatic rings. The fourth-order valence-electron chi connectivity index (χ4n) is 2.04. The molecule has 0 fully saturated rings. The highest BCUT2D eigenvalue weighted by Crippen LogP contribution is 2.16.